The second-order valence-electron chi connectivity index (χ2n) is 6.13. The lowest BCUT2D eigenvalue weighted by Gasteiger charge is -2.23. The summed E-state index contributed by atoms with van der Waals surface area (Å²) in [6.45, 7) is 0. The minimum Gasteiger partial charge on any atom is -0.311 e. The normalized spacial score (nSPS) is 16.0. The second-order valence-corrected chi connectivity index (χ2v) is 7.11. The fourth-order valence-corrected chi connectivity index (χ4v) is 4.00. The molecule has 2 N–H and O–H groups in total. The SMILES string of the molecule is Cn1nc(NC(=O)c2ccc(F)cc2F)c2c1NC(=O)C[C@H]2c1cccs1. The number of fused-ring (bicyclic) bond motifs is 1. The summed E-state index contributed by atoms with van der Waals surface area (Å²) in [6.07, 6.45) is 0.215. The number of hydrogen-bond acceptors (Lipinski definition) is 4. The van der Waals surface area contributed by atoms with Crippen LogP contribution in [0.3, 0.4) is 0 Å². The van der Waals surface area contributed by atoms with Crippen LogP contribution in [0.5, 0.6) is 0 Å². The maximum absolute atomic E-state index is 13.9. The number of carbonyl (C=O) groups is 2. The zero-order valence-electron chi connectivity index (χ0n) is 14.1. The Labute approximate surface area is 156 Å². The van der Waals surface area contributed by atoms with Gasteiger partial charge in [-0.15, -0.1) is 11.3 Å². The minimum absolute atomic E-state index is 0.147. The molecule has 1 aliphatic rings. The van der Waals surface area contributed by atoms with Crippen LogP contribution in [0.4, 0.5) is 20.4 Å². The number of hydrogen-bond donors (Lipinski definition) is 2. The molecule has 1 atom stereocenters. The summed E-state index contributed by atoms with van der Waals surface area (Å²) >= 11 is 1.50. The first-order valence-electron chi connectivity index (χ1n) is 8.10. The van der Waals surface area contributed by atoms with Crippen molar-refractivity contribution in [1.29, 1.82) is 0 Å². The van der Waals surface area contributed by atoms with Crippen LogP contribution in [0.15, 0.2) is 35.7 Å². The number of anilines is 2. The van der Waals surface area contributed by atoms with Gasteiger partial charge < -0.3 is 10.6 Å². The van der Waals surface area contributed by atoms with Gasteiger partial charge in [0.25, 0.3) is 5.91 Å². The lowest BCUT2D eigenvalue weighted by atomic mass is 9.92. The Balaban J connectivity index is 1.73. The monoisotopic (exact) mass is 388 g/mol. The fraction of sp³-hybridized carbons (Fsp3) is 0.167. The lowest BCUT2D eigenvalue weighted by Crippen LogP contribution is -2.25. The van der Waals surface area contributed by atoms with Crippen molar-refractivity contribution in [2.75, 3.05) is 10.6 Å². The van der Waals surface area contributed by atoms with Crippen LogP contribution >= 0.6 is 11.3 Å². The molecule has 0 spiro atoms. The first-order valence-corrected chi connectivity index (χ1v) is 8.98. The molecule has 0 fully saturated rings. The number of amides is 2. The van der Waals surface area contributed by atoms with Gasteiger partial charge in [0, 0.05) is 35.9 Å². The summed E-state index contributed by atoms with van der Waals surface area (Å²) < 4.78 is 28.5. The first kappa shape index (κ1) is 17.3. The molecule has 138 valence electrons. The highest BCUT2D eigenvalue weighted by Gasteiger charge is 2.34. The van der Waals surface area contributed by atoms with Crippen molar-refractivity contribution >= 4 is 34.8 Å². The molecule has 0 bridgehead atoms. The summed E-state index contributed by atoms with van der Waals surface area (Å²) in [7, 11) is 1.64. The number of nitrogens with zero attached hydrogens (tertiary/aromatic N) is 2. The quantitative estimate of drug-likeness (QED) is 0.721. The maximum atomic E-state index is 13.9. The van der Waals surface area contributed by atoms with Gasteiger partial charge in [0.15, 0.2) is 5.82 Å². The van der Waals surface area contributed by atoms with E-state index in [9.17, 15) is 18.4 Å². The van der Waals surface area contributed by atoms with Crippen molar-refractivity contribution in [3.05, 3.63) is 63.4 Å². The van der Waals surface area contributed by atoms with E-state index in [1.165, 1.54) is 16.0 Å². The Kier molecular flexibility index (Phi) is 4.23. The van der Waals surface area contributed by atoms with Crippen molar-refractivity contribution in [1.82, 2.24) is 9.78 Å². The van der Waals surface area contributed by atoms with E-state index in [0.29, 0.717) is 17.4 Å². The van der Waals surface area contributed by atoms with Gasteiger partial charge in [-0.05, 0) is 23.6 Å². The summed E-state index contributed by atoms with van der Waals surface area (Å²) in [6, 6.07) is 6.54. The van der Waals surface area contributed by atoms with E-state index in [-0.39, 0.29) is 29.6 Å². The molecule has 2 aromatic heterocycles. The lowest BCUT2D eigenvalue weighted by molar-refractivity contribution is -0.116. The van der Waals surface area contributed by atoms with Crippen LogP contribution in [-0.2, 0) is 11.8 Å². The van der Waals surface area contributed by atoms with Gasteiger partial charge in [-0.1, -0.05) is 6.07 Å². The number of aryl methyl sites for hydroxylation is 1. The molecule has 3 aromatic rings. The van der Waals surface area contributed by atoms with Gasteiger partial charge in [0.05, 0.1) is 5.56 Å². The van der Waals surface area contributed by atoms with Gasteiger partial charge in [-0.2, -0.15) is 5.10 Å². The van der Waals surface area contributed by atoms with Crippen molar-refractivity contribution in [2.24, 2.45) is 7.05 Å². The number of halogens is 2. The van der Waals surface area contributed by atoms with Crippen LogP contribution in [0, 0.1) is 11.6 Å². The Morgan fingerprint density at radius 2 is 2.19 bits per heavy atom. The zero-order chi connectivity index (χ0) is 19.1. The van der Waals surface area contributed by atoms with Gasteiger partial charge >= 0.3 is 0 Å². The molecular formula is C18H14F2N4O2S. The first-order chi connectivity index (χ1) is 12.9. The highest BCUT2D eigenvalue weighted by atomic mass is 32.1. The molecule has 3 heterocycles. The predicted molar refractivity (Wildman–Crippen MR) is 96.9 cm³/mol. The summed E-state index contributed by atoms with van der Waals surface area (Å²) in [5.74, 6) is -2.16. The molecule has 9 heteroatoms. The minimum atomic E-state index is -0.958. The van der Waals surface area contributed by atoms with Gasteiger partial charge in [0.1, 0.15) is 17.5 Å². The number of rotatable bonds is 3. The molecule has 27 heavy (non-hydrogen) atoms. The number of nitrogens with one attached hydrogen (secondary N) is 2. The van der Waals surface area contributed by atoms with Gasteiger partial charge in [-0.25, -0.2) is 8.78 Å². The highest BCUT2D eigenvalue weighted by molar-refractivity contribution is 7.10. The smallest absolute Gasteiger partial charge is 0.259 e. The topological polar surface area (TPSA) is 76.0 Å². The zero-order valence-corrected chi connectivity index (χ0v) is 14.9. The van der Waals surface area contributed by atoms with E-state index in [2.05, 4.69) is 15.7 Å². The maximum Gasteiger partial charge on any atom is 0.259 e. The average molecular weight is 388 g/mol. The van der Waals surface area contributed by atoms with E-state index in [4.69, 9.17) is 0 Å². The van der Waals surface area contributed by atoms with E-state index >= 15 is 0 Å². The Morgan fingerprint density at radius 3 is 2.89 bits per heavy atom. The Morgan fingerprint density at radius 1 is 1.37 bits per heavy atom. The molecule has 0 saturated heterocycles. The molecule has 6 nitrogen and oxygen atoms in total. The number of aromatic nitrogens is 2. The third kappa shape index (κ3) is 3.10. The molecular weight excluding hydrogens is 374 g/mol. The van der Waals surface area contributed by atoms with E-state index in [0.717, 1.165) is 17.0 Å². The van der Waals surface area contributed by atoms with E-state index in [1.54, 1.807) is 7.05 Å². The third-order valence-corrected chi connectivity index (χ3v) is 5.36. The number of benzene rings is 1. The summed E-state index contributed by atoms with van der Waals surface area (Å²) in [5, 5.41) is 11.5. The van der Waals surface area contributed by atoms with Crippen LogP contribution in [-0.4, -0.2) is 21.6 Å². The van der Waals surface area contributed by atoms with Crippen LogP contribution in [0.2, 0.25) is 0 Å². The predicted octanol–water partition coefficient (Wildman–Crippen LogP) is 3.49. The van der Waals surface area contributed by atoms with Crippen LogP contribution in [0.25, 0.3) is 0 Å². The number of carbonyl (C=O) groups excluding carboxylic acids is 2. The largest absolute Gasteiger partial charge is 0.311 e. The van der Waals surface area contributed by atoms with E-state index in [1.807, 2.05) is 17.5 Å². The molecule has 0 aliphatic carbocycles. The Hall–Kier alpha value is -3.07. The fourth-order valence-electron chi connectivity index (χ4n) is 3.16. The van der Waals surface area contributed by atoms with Gasteiger partial charge in [0.2, 0.25) is 5.91 Å². The number of thiophene rings is 1. The van der Waals surface area contributed by atoms with Crippen molar-refractivity contribution in [3.63, 3.8) is 0 Å². The van der Waals surface area contributed by atoms with Crippen LogP contribution in [0.1, 0.15) is 33.1 Å². The highest BCUT2D eigenvalue weighted by Crippen LogP contribution is 2.42. The molecule has 2 amide bonds. The molecule has 1 aliphatic heterocycles. The molecule has 0 radical (unpaired) electrons. The van der Waals surface area contributed by atoms with Crippen LogP contribution < -0.4 is 10.6 Å². The third-order valence-electron chi connectivity index (χ3n) is 4.37. The average Bonchev–Trinajstić information content (AvgIpc) is 3.23. The van der Waals surface area contributed by atoms with Gasteiger partial charge in [-0.3, -0.25) is 14.3 Å². The van der Waals surface area contributed by atoms with Crippen molar-refractivity contribution < 1.29 is 18.4 Å². The second kappa shape index (κ2) is 6.58. The standard InChI is InChI=1S/C18H14F2N4O2S/c1-24-17-15(11(8-14(25)21-17)13-3-2-6-27-13)16(23-24)22-18(26)10-5-4-9(19)7-12(10)20/h2-7,11H,8H2,1H3,(H,21,25)(H,22,23,26)/t11-/m0/s1. The summed E-state index contributed by atoms with van der Waals surface area (Å²) in [4.78, 5) is 25.5. The molecule has 0 unspecified atom stereocenters. The molecule has 1 aromatic carbocycles. The van der Waals surface area contributed by atoms with Crippen molar-refractivity contribution in [3.8, 4) is 0 Å². The molecule has 4 rings (SSSR count). The summed E-state index contributed by atoms with van der Waals surface area (Å²) in [5.41, 5.74) is 0.374. The van der Waals surface area contributed by atoms with E-state index < -0.39 is 17.5 Å². The van der Waals surface area contributed by atoms with Crippen molar-refractivity contribution in [2.45, 2.75) is 12.3 Å². The molecule has 0 saturated carbocycles. The Bertz CT molecular complexity index is 1050.